The van der Waals surface area contributed by atoms with Crippen LogP contribution in [0.4, 0.5) is 4.39 Å². The van der Waals surface area contributed by atoms with E-state index < -0.39 is 10.9 Å². The molecule has 0 aliphatic carbocycles. The fourth-order valence-corrected chi connectivity index (χ4v) is 0.574. The molecule has 0 radical (unpaired) electrons. The highest BCUT2D eigenvalue weighted by Crippen LogP contribution is 2.22. The van der Waals surface area contributed by atoms with Gasteiger partial charge in [-0.15, -0.1) is 0 Å². The van der Waals surface area contributed by atoms with E-state index in [0.717, 1.165) is 6.07 Å². The van der Waals surface area contributed by atoms with Gasteiger partial charge in [0.05, 0.1) is 0 Å². The molecule has 1 aromatic heterocycles. The highest BCUT2D eigenvalue weighted by molar-refractivity contribution is 6.43. The molecule has 0 saturated heterocycles. The lowest BCUT2D eigenvalue weighted by atomic mass is 10.5. The Morgan fingerprint density at radius 3 is 2.56 bits per heavy atom. The zero-order valence-electron chi connectivity index (χ0n) is 4.14. The van der Waals surface area contributed by atoms with E-state index in [4.69, 9.17) is 23.2 Å². The first-order chi connectivity index (χ1) is 4.20. The van der Waals surface area contributed by atoms with Crippen LogP contribution in [0.3, 0.4) is 0 Å². The van der Waals surface area contributed by atoms with Gasteiger partial charge in [-0.3, -0.25) is 0 Å². The van der Waals surface area contributed by atoms with Gasteiger partial charge in [0.2, 0.25) is 0 Å². The average molecular weight is 170 g/mol. The zero-order chi connectivity index (χ0) is 6.85. The maximum atomic E-state index is 11.9. The first-order valence-electron chi connectivity index (χ1n) is 2.10. The summed E-state index contributed by atoms with van der Waals surface area (Å²) in [6.45, 7) is 0. The first-order valence-corrected chi connectivity index (χ1v) is 2.97. The molecule has 0 amide bonds. The van der Waals surface area contributed by atoms with Gasteiger partial charge in [0, 0.05) is 6.07 Å². The Morgan fingerprint density at radius 2 is 2.33 bits per heavy atom. The number of hydrogen-bond donors (Lipinski definition) is 0. The van der Waals surface area contributed by atoms with Gasteiger partial charge < -0.3 is 4.52 Å². The van der Waals surface area contributed by atoms with Crippen molar-refractivity contribution in [3.05, 3.63) is 17.8 Å². The van der Waals surface area contributed by atoms with E-state index >= 15 is 0 Å². The molecule has 9 heavy (non-hydrogen) atoms. The number of nitrogens with zero attached hydrogens (tertiary/aromatic N) is 1. The minimum atomic E-state index is -0.821. The van der Waals surface area contributed by atoms with Crippen LogP contribution in [-0.2, 0) is 0 Å². The monoisotopic (exact) mass is 169 g/mol. The predicted molar refractivity (Wildman–Crippen MR) is 30.9 cm³/mol. The van der Waals surface area contributed by atoms with Crippen LogP contribution in [0.25, 0.3) is 0 Å². The fourth-order valence-electron chi connectivity index (χ4n) is 0.368. The number of rotatable bonds is 1. The van der Waals surface area contributed by atoms with Crippen LogP contribution in [0.2, 0.25) is 0 Å². The summed E-state index contributed by atoms with van der Waals surface area (Å²) in [5, 5.41) is 3.20. The van der Waals surface area contributed by atoms with Gasteiger partial charge in [0.25, 0.3) is 0 Å². The minimum absolute atomic E-state index is 0.191. The Morgan fingerprint density at radius 1 is 1.67 bits per heavy atom. The summed E-state index contributed by atoms with van der Waals surface area (Å²) in [5.41, 5.74) is 0.191. The van der Waals surface area contributed by atoms with Crippen LogP contribution in [0, 0.1) is 6.01 Å². The molecule has 0 saturated carbocycles. The Bertz CT molecular complexity index is 200. The van der Waals surface area contributed by atoms with E-state index in [1.165, 1.54) is 0 Å². The molecule has 5 heteroatoms. The van der Waals surface area contributed by atoms with Crippen molar-refractivity contribution in [1.82, 2.24) is 5.16 Å². The number of alkyl halides is 2. The molecular formula is C4H2Cl2FNO. The van der Waals surface area contributed by atoms with Crippen LogP contribution in [0.5, 0.6) is 0 Å². The molecule has 0 atom stereocenters. The van der Waals surface area contributed by atoms with Gasteiger partial charge in [0.15, 0.2) is 4.84 Å². The minimum Gasteiger partial charge on any atom is -0.326 e. The lowest BCUT2D eigenvalue weighted by Crippen LogP contribution is -1.77. The molecule has 0 aliphatic rings. The third-order valence-corrected chi connectivity index (χ3v) is 1.17. The number of halogens is 3. The molecule has 0 bridgehead atoms. The second-order valence-corrected chi connectivity index (χ2v) is 2.45. The Balaban J connectivity index is 2.85. The molecule has 2 nitrogen and oxygen atoms in total. The fraction of sp³-hybridized carbons (Fsp3) is 0.250. The van der Waals surface area contributed by atoms with Crippen molar-refractivity contribution in [2.75, 3.05) is 0 Å². The second-order valence-electron chi connectivity index (χ2n) is 1.36. The van der Waals surface area contributed by atoms with E-state index in [-0.39, 0.29) is 5.69 Å². The quantitative estimate of drug-likeness (QED) is 0.604. The highest BCUT2D eigenvalue weighted by atomic mass is 35.5. The summed E-state index contributed by atoms with van der Waals surface area (Å²) < 4.78 is 16.0. The first kappa shape index (κ1) is 6.83. The molecule has 1 rings (SSSR count). The van der Waals surface area contributed by atoms with Crippen LogP contribution < -0.4 is 0 Å². The smallest absolute Gasteiger partial charge is 0.306 e. The average Bonchev–Trinajstić information content (AvgIpc) is 2.14. The number of hydrogen-bond acceptors (Lipinski definition) is 2. The van der Waals surface area contributed by atoms with E-state index in [9.17, 15) is 4.39 Å². The van der Waals surface area contributed by atoms with Crippen LogP contribution in [0.1, 0.15) is 10.5 Å². The van der Waals surface area contributed by atoms with E-state index in [1.54, 1.807) is 0 Å². The molecular weight excluding hydrogens is 168 g/mol. The zero-order valence-corrected chi connectivity index (χ0v) is 5.66. The lowest BCUT2D eigenvalue weighted by molar-refractivity contribution is 0.280. The largest absolute Gasteiger partial charge is 0.326 e. The van der Waals surface area contributed by atoms with E-state index in [2.05, 4.69) is 9.68 Å². The standard InChI is InChI=1S/C4H2Cl2FNO/c5-4(6)2-1-3(7)9-8-2/h1,4H. The SMILES string of the molecule is Fc1cc(C(Cl)Cl)no1. The summed E-state index contributed by atoms with van der Waals surface area (Å²) in [6, 6.07) is 0.251. The Labute approximate surface area is 60.5 Å². The molecule has 0 spiro atoms. The van der Waals surface area contributed by atoms with Crippen molar-refractivity contribution in [2.24, 2.45) is 0 Å². The van der Waals surface area contributed by atoms with Crippen molar-refractivity contribution in [2.45, 2.75) is 4.84 Å². The van der Waals surface area contributed by atoms with Crippen molar-refractivity contribution in [3.8, 4) is 0 Å². The van der Waals surface area contributed by atoms with Gasteiger partial charge in [-0.2, -0.15) is 4.39 Å². The third kappa shape index (κ3) is 1.56. The van der Waals surface area contributed by atoms with Gasteiger partial charge in [-0.05, 0) is 0 Å². The lowest BCUT2D eigenvalue weighted by Gasteiger charge is -1.86. The summed E-state index contributed by atoms with van der Waals surface area (Å²) in [5.74, 6) is 0. The summed E-state index contributed by atoms with van der Waals surface area (Å²) >= 11 is 10.6. The van der Waals surface area contributed by atoms with Crippen molar-refractivity contribution < 1.29 is 8.91 Å². The second kappa shape index (κ2) is 2.54. The van der Waals surface area contributed by atoms with Gasteiger partial charge >= 0.3 is 6.01 Å². The summed E-state index contributed by atoms with van der Waals surface area (Å²) in [6.07, 6.45) is 0. The van der Waals surface area contributed by atoms with E-state index in [0.29, 0.717) is 0 Å². The molecule has 1 heterocycles. The maximum Gasteiger partial charge on any atom is 0.306 e. The van der Waals surface area contributed by atoms with Crippen LogP contribution in [-0.4, -0.2) is 5.16 Å². The van der Waals surface area contributed by atoms with Crippen LogP contribution >= 0.6 is 23.2 Å². The summed E-state index contributed by atoms with van der Waals surface area (Å²) in [7, 11) is 0. The Hall–Kier alpha value is -0.280. The van der Waals surface area contributed by atoms with Crippen molar-refractivity contribution in [1.29, 1.82) is 0 Å². The summed E-state index contributed by atoms with van der Waals surface area (Å²) in [4.78, 5) is -0.821. The normalized spacial score (nSPS) is 10.7. The molecule has 1 aromatic rings. The van der Waals surface area contributed by atoms with Crippen molar-refractivity contribution in [3.63, 3.8) is 0 Å². The third-order valence-electron chi connectivity index (χ3n) is 0.723. The Kier molecular flexibility index (Phi) is 1.93. The predicted octanol–water partition coefficient (Wildman–Crippen LogP) is 2.29. The topological polar surface area (TPSA) is 26.0 Å². The van der Waals surface area contributed by atoms with Gasteiger partial charge in [0.1, 0.15) is 5.69 Å². The van der Waals surface area contributed by atoms with E-state index in [1.807, 2.05) is 0 Å². The van der Waals surface area contributed by atoms with Crippen molar-refractivity contribution >= 4 is 23.2 Å². The molecule has 0 unspecified atom stereocenters. The van der Waals surface area contributed by atoms with Gasteiger partial charge in [-0.1, -0.05) is 28.4 Å². The number of aromatic nitrogens is 1. The molecule has 50 valence electrons. The highest BCUT2D eigenvalue weighted by Gasteiger charge is 2.09. The molecule has 0 aliphatic heterocycles. The molecule has 0 N–H and O–H groups in total. The molecule has 0 fully saturated rings. The van der Waals surface area contributed by atoms with Gasteiger partial charge in [-0.25, -0.2) is 0 Å². The van der Waals surface area contributed by atoms with Crippen LogP contribution in [0.15, 0.2) is 10.6 Å². The maximum absolute atomic E-state index is 11.9. The molecule has 0 aromatic carbocycles.